The first-order valence-corrected chi connectivity index (χ1v) is 11.7. The lowest BCUT2D eigenvalue weighted by Crippen LogP contribution is -2.24. The average molecular weight is 399 g/mol. The van der Waals surface area contributed by atoms with E-state index in [4.69, 9.17) is 9.47 Å². The van der Waals surface area contributed by atoms with Gasteiger partial charge in [0.25, 0.3) is 0 Å². The van der Waals surface area contributed by atoms with Gasteiger partial charge in [-0.1, -0.05) is 98.8 Å². The zero-order valence-corrected chi connectivity index (χ0v) is 19.3. The molecule has 0 heterocycles. The van der Waals surface area contributed by atoms with Gasteiger partial charge in [-0.05, 0) is 18.3 Å². The van der Waals surface area contributed by atoms with Crippen molar-refractivity contribution in [2.45, 2.75) is 112 Å². The number of carbonyl (C=O) groups is 2. The highest BCUT2D eigenvalue weighted by molar-refractivity contribution is 5.79. The standard InChI is InChI=1S/C24H46O4/c1-6-7-8-9-10-11-12-13-14-15-16-22(24(26)28-19-21(4)5)17-23(25)27-18-20(2)3/h20-22H,6-19H2,1-5H3. The van der Waals surface area contributed by atoms with Crippen molar-refractivity contribution in [1.29, 1.82) is 0 Å². The van der Waals surface area contributed by atoms with E-state index in [0.717, 1.165) is 12.8 Å². The number of carbonyl (C=O) groups excluding carboxylic acids is 2. The topological polar surface area (TPSA) is 52.6 Å². The highest BCUT2D eigenvalue weighted by Crippen LogP contribution is 2.19. The summed E-state index contributed by atoms with van der Waals surface area (Å²) in [6.45, 7) is 11.1. The SMILES string of the molecule is CCCCCCCCCCCCC(CC(=O)OCC(C)C)C(=O)OCC(C)C. The van der Waals surface area contributed by atoms with E-state index in [1.807, 2.05) is 27.7 Å². The predicted octanol–water partition coefficient (Wildman–Crippen LogP) is 6.70. The second-order valence-electron chi connectivity index (χ2n) is 8.97. The number of rotatable bonds is 18. The van der Waals surface area contributed by atoms with Gasteiger partial charge in [0.15, 0.2) is 0 Å². The van der Waals surface area contributed by atoms with Crippen molar-refractivity contribution >= 4 is 11.9 Å². The van der Waals surface area contributed by atoms with Crippen LogP contribution in [0.4, 0.5) is 0 Å². The predicted molar refractivity (Wildman–Crippen MR) is 116 cm³/mol. The Bertz CT molecular complexity index is 390. The molecule has 0 aromatic rings. The molecule has 0 aliphatic carbocycles. The van der Waals surface area contributed by atoms with Crippen LogP contribution in [-0.2, 0) is 19.1 Å². The van der Waals surface area contributed by atoms with Crippen LogP contribution in [0, 0.1) is 17.8 Å². The summed E-state index contributed by atoms with van der Waals surface area (Å²) < 4.78 is 10.7. The van der Waals surface area contributed by atoms with Crippen molar-refractivity contribution in [2.75, 3.05) is 13.2 Å². The second-order valence-corrected chi connectivity index (χ2v) is 8.97. The number of esters is 2. The van der Waals surface area contributed by atoms with Crippen molar-refractivity contribution in [3.05, 3.63) is 0 Å². The molecule has 0 rings (SSSR count). The quantitative estimate of drug-likeness (QED) is 0.190. The fraction of sp³-hybridized carbons (Fsp3) is 0.917. The molecular formula is C24H46O4. The Labute approximate surface area is 174 Å². The van der Waals surface area contributed by atoms with Crippen molar-refractivity contribution in [3.8, 4) is 0 Å². The molecule has 1 unspecified atom stereocenters. The Morgan fingerprint density at radius 1 is 0.679 bits per heavy atom. The molecule has 166 valence electrons. The summed E-state index contributed by atoms with van der Waals surface area (Å²) >= 11 is 0. The van der Waals surface area contributed by atoms with Gasteiger partial charge in [0.1, 0.15) is 0 Å². The number of ether oxygens (including phenoxy) is 2. The van der Waals surface area contributed by atoms with Crippen LogP contribution in [0.25, 0.3) is 0 Å². The molecule has 0 aliphatic rings. The lowest BCUT2D eigenvalue weighted by molar-refractivity contribution is -0.156. The molecule has 1 atom stereocenters. The van der Waals surface area contributed by atoms with Crippen molar-refractivity contribution in [1.82, 2.24) is 0 Å². The summed E-state index contributed by atoms with van der Waals surface area (Å²) in [7, 11) is 0. The van der Waals surface area contributed by atoms with E-state index in [9.17, 15) is 9.59 Å². The molecule has 0 spiro atoms. The average Bonchev–Trinajstić information content (AvgIpc) is 2.64. The largest absolute Gasteiger partial charge is 0.465 e. The van der Waals surface area contributed by atoms with E-state index in [0.29, 0.717) is 31.5 Å². The van der Waals surface area contributed by atoms with Crippen LogP contribution in [0.1, 0.15) is 112 Å². The third kappa shape index (κ3) is 17.1. The van der Waals surface area contributed by atoms with Gasteiger partial charge in [0, 0.05) is 0 Å². The van der Waals surface area contributed by atoms with Crippen LogP contribution in [0.3, 0.4) is 0 Å². The first-order chi connectivity index (χ1) is 13.4. The fourth-order valence-electron chi connectivity index (χ4n) is 3.07. The molecule has 0 bridgehead atoms. The minimum atomic E-state index is -0.368. The number of unbranched alkanes of at least 4 members (excludes halogenated alkanes) is 9. The number of hydrogen-bond acceptors (Lipinski definition) is 4. The van der Waals surface area contributed by atoms with Crippen LogP contribution in [-0.4, -0.2) is 25.2 Å². The monoisotopic (exact) mass is 398 g/mol. The molecule has 0 N–H and O–H groups in total. The maximum absolute atomic E-state index is 12.4. The Balaban J connectivity index is 4.12. The summed E-state index contributed by atoms with van der Waals surface area (Å²) in [4.78, 5) is 24.4. The highest BCUT2D eigenvalue weighted by Gasteiger charge is 2.24. The van der Waals surface area contributed by atoms with Crippen molar-refractivity contribution in [3.63, 3.8) is 0 Å². The molecule has 0 aromatic carbocycles. The third-order valence-corrected chi connectivity index (χ3v) is 4.79. The lowest BCUT2D eigenvalue weighted by Gasteiger charge is -2.17. The van der Waals surface area contributed by atoms with E-state index < -0.39 is 0 Å². The first-order valence-electron chi connectivity index (χ1n) is 11.7. The zero-order valence-electron chi connectivity index (χ0n) is 19.3. The van der Waals surface area contributed by atoms with E-state index in [1.165, 1.54) is 51.4 Å². The van der Waals surface area contributed by atoms with Gasteiger partial charge in [-0.15, -0.1) is 0 Å². The summed E-state index contributed by atoms with van der Waals surface area (Å²) in [6, 6.07) is 0. The summed E-state index contributed by atoms with van der Waals surface area (Å²) in [5.41, 5.74) is 0. The zero-order chi connectivity index (χ0) is 21.2. The maximum atomic E-state index is 12.4. The van der Waals surface area contributed by atoms with E-state index in [2.05, 4.69) is 6.92 Å². The van der Waals surface area contributed by atoms with Gasteiger partial charge in [0.05, 0.1) is 25.6 Å². The van der Waals surface area contributed by atoms with Crippen LogP contribution < -0.4 is 0 Å². The Morgan fingerprint density at radius 3 is 1.64 bits per heavy atom. The van der Waals surface area contributed by atoms with Crippen LogP contribution >= 0.6 is 0 Å². The molecule has 0 aromatic heterocycles. The van der Waals surface area contributed by atoms with Gasteiger partial charge < -0.3 is 9.47 Å². The van der Waals surface area contributed by atoms with E-state index in [-0.39, 0.29) is 24.3 Å². The molecule has 0 amide bonds. The normalized spacial score (nSPS) is 12.4. The third-order valence-electron chi connectivity index (χ3n) is 4.79. The van der Waals surface area contributed by atoms with Crippen molar-refractivity contribution in [2.24, 2.45) is 17.8 Å². The summed E-state index contributed by atoms with van der Waals surface area (Å²) in [6.07, 6.45) is 13.4. The van der Waals surface area contributed by atoms with Crippen molar-refractivity contribution < 1.29 is 19.1 Å². The Hall–Kier alpha value is -1.06. The van der Waals surface area contributed by atoms with E-state index >= 15 is 0 Å². The molecule has 0 saturated carbocycles. The molecule has 4 heteroatoms. The molecule has 0 fully saturated rings. The van der Waals surface area contributed by atoms with E-state index in [1.54, 1.807) is 0 Å². The Morgan fingerprint density at radius 2 is 1.14 bits per heavy atom. The van der Waals surface area contributed by atoms with Crippen LogP contribution in [0.15, 0.2) is 0 Å². The van der Waals surface area contributed by atoms with Crippen LogP contribution in [0.5, 0.6) is 0 Å². The molecule has 0 radical (unpaired) electrons. The molecule has 28 heavy (non-hydrogen) atoms. The van der Waals surface area contributed by atoms with Gasteiger partial charge >= 0.3 is 11.9 Å². The minimum Gasteiger partial charge on any atom is -0.465 e. The van der Waals surface area contributed by atoms with Crippen LogP contribution in [0.2, 0.25) is 0 Å². The van der Waals surface area contributed by atoms with Gasteiger partial charge in [-0.3, -0.25) is 9.59 Å². The Kier molecular flexibility index (Phi) is 17.3. The molecule has 0 aliphatic heterocycles. The summed E-state index contributed by atoms with van der Waals surface area (Å²) in [5, 5.41) is 0. The minimum absolute atomic E-state index is 0.140. The molecule has 4 nitrogen and oxygen atoms in total. The smallest absolute Gasteiger partial charge is 0.309 e. The first kappa shape index (κ1) is 26.9. The van der Waals surface area contributed by atoms with Gasteiger partial charge in [-0.25, -0.2) is 0 Å². The molecule has 0 saturated heterocycles. The maximum Gasteiger partial charge on any atom is 0.309 e. The second kappa shape index (κ2) is 18.0. The fourth-order valence-corrected chi connectivity index (χ4v) is 3.07. The number of hydrogen-bond donors (Lipinski definition) is 0. The summed E-state index contributed by atoms with van der Waals surface area (Å²) in [5.74, 6) is -0.294. The molecular weight excluding hydrogens is 352 g/mol. The highest BCUT2D eigenvalue weighted by atomic mass is 16.5. The van der Waals surface area contributed by atoms with Gasteiger partial charge in [0.2, 0.25) is 0 Å². The van der Waals surface area contributed by atoms with Gasteiger partial charge in [-0.2, -0.15) is 0 Å². The lowest BCUT2D eigenvalue weighted by atomic mass is 9.97.